The van der Waals surface area contributed by atoms with Crippen LogP contribution in [0.5, 0.6) is 0 Å². The van der Waals surface area contributed by atoms with Gasteiger partial charge in [0.15, 0.2) is 0 Å². The molecular weight excluding hydrogens is 639 g/mol. The second kappa shape index (κ2) is 13.2. The maximum absolute atomic E-state index is 2.57. The first-order valence-corrected chi connectivity index (χ1v) is 20.5. The molecule has 4 aliphatic rings. The lowest BCUT2D eigenvalue weighted by molar-refractivity contribution is 0.420. The smallest absolute Gasteiger partial charge is 0.0471 e. The van der Waals surface area contributed by atoms with Crippen LogP contribution < -0.4 is 4.90 Å². The molecule has 0 amide bonds. The first-order valence-electron chi connectivity index (χ1n) is 20.5. The molecule has 3 fully saturated rings. The predicted octanol–water partition coefficient (Wildman–Crippen LogP) is 14.7. The van der Waals surface area contributed by atoms with Crippen LogP contribution in [-0.2, 0) is 5.41 Å². The van der Waals surface area contributed by atoms with Crippen LogP contribution in [0.4, 0.5) is 17.1 Å². The minimum Gasteiger partial charge on any atom is -0.310 e. The summed E-state index contributed by atoms with van der Waals surface area (Å²) in [4.78, 5) is 2.57. The molecule has 1 nitrogen and oxygen atoms in total. The molecular formula is C52H51N. The Labute approximate surface area is 316 Å². The lowest BCUT2D eigenvalue weighted by atomic mass is 9.81. The minimum absolute atomic E-state index is 0.139. The molecule has 3 saturated carbocycles. The van der Waals surface area contributed by atoms with Crippen molar-refractivity contribution in [3.63, 3.8) is 0 Å². The zero-order valence-electron chi connectivity index (χ0n) is 31.4. The highest BCUT2D eigenvalue weighted by atomic mass is 15.1. The number of hydrogen-bond donors (Lipinski definition) is 0. The van der Waals surface area contributed by atoms with E-state index >= 15 is 0 Å². The Morgan fingerprint density at radius 3 is 1.98 bits per heavy atom. The zero-order chi connectivity index (χ0) is 35.5. The molecule has 6 aromatic rings. The Hall–Kier alpha value is -4.88. The predicted molar refractivity (Wildman–Crippen MR) is 224 cm³/mol. The molecule has 53 heavy (non-hydrogen) atoms. The van der Waals surface area contributed by atoms with Gasteiger partial charge < -0.3 is 4.90 Å². The Balaban J connectivity index is 1.18. The van der Waals surface area contributed by atoms with E-state index in [1.807, 2.05) is 0 Å². The molecule has 0 radical (unpaired) electrons. The largest absolute Gasteiger partial charge is 0.310 e. The summed E-state index contributed by atoms with van der Waals surface area (Å²) in [5.41, 5.74) is 17.3. The molecule has 3 unspecified atom stereocenters. The Bertz CT molecular complexity index is 2270. The summed E-state index contributed by atoms with van der Waals surface area (Å²) in [6.45, 7) is 4.85. The van der Waals surface area contributed by atoms with Gasteiger partial charge in [0.1, 0.15) is 0 Å². The van der Waals surface area contributed by atoms with Crippen LogP contribution in [-0.4, -0.2) is 0 Å². The fourth-order valence-corrected chi connectivity index (χ4v) is 11.1. The summed E-state index contributed by atoms with van der Waals surface area (Å²) in [6.07, 6.45) is 12.3. The van der Waals surface area contributed by atoms with E-state index in [2.05, 4.69) is 158 Å². The summed E-state index contributed by atoms with van der Waals surface area (Å²) < 4.78 is 0. The average Bonchev–Trinajstić information content (AvgIpc) is 3.92. The molecule has 2 bridgehead atoms. The summed E-state index contributed by atoms with van der Waals surface area (Å²) in [7, 11) is 0. The summed E-state index contributed by atoms with van der Waals surface area (Å²) in [6, 6.07) is 53.5. The van der Waals surface area contributed by atoms with Gasteiger partial charge in [-0.25, -0.2) is 0 Å². The van der Waals surface area contributed by atoms with Crippen molar-refractivity contribution in [2.75, 3.05) is 4.90 Å². The summed E-state index contributed by atoms with van der Waals surface area (Å²) in [5.74, 6) is 3.19. The second-order valence-electron chi connectivity index (χ2n) is 17.1. The summed E-state index contributed by atoms with van der Waals surface area (Å²) >= 11 is 0. The molecule has 0 aromatic heterocycles. The molecule has 0 spiro atoms. The van der Waals surface area contributed by atoms with Gasteiger partial charge in [-0.1, -0.05) is 143 Å². The summed E-state index contributed by atoms with van der Waals surface area (Å²) in [5, 5.41) is 0. The quantitative estimate of drug-likeness (QED) is 0.161. The monoisotopic (exact) mass is 689 g/mol. The molecule has 4 aliphatic carbocycles. The van der Waals surface area contributed by atoms with Gasteiger partial charge in [0.25, 0.3) is 0 Å². The van der Waals surface area contributed by atoms with Crippen LogP contribution in [0.2, 0.25) is 0 Å². The maximum atomic E-state index is 2.57. The van der Waals surface area contributed by atoms with Crippen molar-refractivity contribution in [3.05, 3.63) is 162 Å². The van der Waals surface area contributed by atoms with Crippen molar-refractivity contribution < 1.29 is 0 Å². The van der Waals surface area contributed by atoms with Gasteiger partial charge in [-0.3, -0.25) is 0 Å². The van der Waals surface area contributed by atoms with Crippen molar-refractivity contribution in [2.45, 2.75) is 88.9 Å². The number of rotatable bonds is 7. The van der Waals surface area contributed by atoms with E-state index in [0.717, 1.165) is 17.8 Å². The normalized spacial score (nSPS) is 21.4. The van der Waals surface area contributed by atoms with Crippen LogP contribution in [0.25, 0.3) is 33.4 Å². The average molecular weight is 690 g/mol. The number of hydrogen-bond acceptors (Lipinski definition) is 1. The third-order valence-corrected chi connectivity index (χ3v) is 13.7. The van der Waals surface area contributed by atoms with E-state index in [0.29, 0.717) is 5.92 Å². The second-order valence-corrected chi connectivity index (χ2v) is 17.1. The minimum atomic E-state index is -0.139. The molecule has 264 valence electrons. The van der Waals surface area contributed by atoms with Crippen molar-refractivity contribution in [2.24, 2.45) is 11.8 Å². The highest BCUT2D eigenvalue weighted by Crippen LogP contribution is 2.56. The third kappa shape index (κ3) is 5.67. The van der Waals surface area contributed by atoms with Gasteiger partial charge in [-0.2, -0.15) is 0 Å². The molecule has 0 saturated heterocycles. The molecule has 10 rings (SSSR count). The van der Waals surface area contributed by atoms with Crippen molar-refractivity contribution in [1.29, 1.82) is 0 Å². The van der Waals surface area contributed by atoms with Gasteiger partial charge >= 0.3 is 0 Å². The Morgan fingerprint density at radius 2 is 1.23 bits per heavy atom. The lowest BCUT2D eigenvalue weighted by Crippen LogP contribution is -2.17. The van der Waals surface area contributed by atoms with E-state index in [1.165, 1.54) is 125 Å². The zero-order valence-corrected chi connectivity index (χ0v) is 31.4. The van der Waals surface area contributed by atoms with E-state index in [4.69, 9.17) is 0 Å². The maximum Gasteiger partial charge on any atom is 0.0471 e. The van der Waals surface area contributed by atoms with Crippen LogP contribution in [0.1, 0.15) is 106 Å². The van der Waals surface area contributed by atoms with Crippen LogP contribution in [0.3, 0.4) is 0 Å². The van der Waals surface area contributed by atoms with Gasteiger partial charge in [-0.05, 0) is 148 Å². The van der Waals surface area contributed by atoms with Gasteiger partial charge in [-0.15, -0.1) is 0 Å². The van der Waals surface area contributed by atoms with Gasteiger partial charge in [0, 0.05) is 22.5 Å². The highest BCUT2D eigenvalue weighted by Gasteiger charge is 2.41. The first kappa shape index (κ1) is 32.7. The van der Waals surface area contributed by atoms with E-state index in [9.17, 15) is 0 Å². The van der Waals surface area contributed by atoms with Gasteiger partial charge in [0.05, 0.1) is 0 Å². The fraction of sp³-hybridized carbons (Fsp3) is 0.308. The third-order valence-electron chi connectivity index (χ3n) is 13.7. The molecule has 0 aliphatic heterocycles. The van der Waals surface area contributed by atoms with Crippen molar-refractivity contribution in [3.8, 4) is 33.4 Å². The topological polar surface area (TPSA) is 3.24 Å². The fourth-order valence-electron chi connectivity index (χ4n) is 11.1. The lowest BCUT2D eigenvalue weighted by Gasteiger charge is -2.31. The molecule has 0 heterocycles. The molecule has 0 N–H and O–H groups in total. The Morgan fingerprint density at radius 1 is 0.491 bits per heavy atom. The van der Waals surface area contributed by atoms with Crippen LogP contribution in [0.15, 0.2) is 140 Å². The molecule has 3 atom stereocenters. The van der Waals surface area contributed by atoms with Gasteiger partial charge in [0.2, 0.25) is 0 Å². The number of fused-ring (bicyclic) bond motifs is 5. The first-order chi connectivity index (χ1) is 26.0. The van der Waals surface area contributed by atoms with E-state index in [-0.39, 0.29) is 5.41 Å². The Kier molecular flexibility index (Phi) is 8.16. The van der Waals surface area contributed by atoms with Crippen LogP contribution >= 0.6 is 0 Å². The number of nitrogens with zero attached hydrogens (tertiary/aromatic N) is 1. The molecule has 6 aromatic carbocycles. The SMILES string of the molecule is CC1(C)c2ccccc2-c2c(-c3ccccc3-c3ccccc3)cc(N(c3ccc(C4CC5CCC4C5)cc3)c3cccc(C4CCCCC4)c3)cc21. The number of benzene rings is 6. The van der Waals surface area contributed by atoms with E-state index < -0.39 is 0 Å². The highest BCUT2D eigenvalue weighted by molar-refractivity contribution is 5.99. The standard InChI is InChI=1S/C52H51N/c1-52(2)49-23-12-11-22-46(49)51-48(45-21-10-9-20-44(45)37-16-7-4-8-17-37)33-43(34-50(51)52)53(42-19-13-18-39(32-42)36-14-5-3-6-15-36)41-28-26-38(27-29-41)47-31-35-24-25-40(47)30-35/h4,7-13,16-23,26-29,32-36,40,47H,3,5-6,14-15,24-25,30-31H2,1-2H3. The van der Waals surface area contributed by atoms with E-state index in [1.54, 1.807) is 5.56 Å². The number of anilines is 3. The molecule has 1 heteroatoms. The van der Waals surface area contributed by atoms with Crippen molar-refractivity contribution >= 4 is 17.1 Å². The van der Waals surface area contributed by atoms with Crippen molar-refractivity contribution in [1.82, 2.24) is 0 Å². The van der Waals surface area contributed by atoms with Crippen LogP contribution in [0, 0.1) is 11.8 Å².